The summed E-state index contributed by atoms with van der Waals surface area (Å²) in [5.74, 6) is 1.81. The van der Waals surface area contributed by atoms with Gasteiger partial charge in [-0.1, -0.05) is 30.1 Å². The molecule has 7 nitrogen and oxygen atoms in total. The molecule has 2 heterocycles. The van der Waals surface area contributed by atoms with E-state index in [4.69, 9.17) is 23.2 Å². The fourth-order valence-electron chi connectivity index (χ4n) is 4.18. The number of aryl methyl sites for hydroxylation is 1. The molecule has 3 amide bonds. The SMILES string of the molecule is CCNC(=O)N(CCSCC)C1CCN(C(C)CCNC(=O)c2c(C)cc(Cl)nc2Cl)CC1. The summed E-state index contributed by atoms with van der Waals surface area (Å²) >= 11 is 13.9. The Bertz CT molecular complexity index is 767. The maximum atomic E-state index is 12.6. The van der Waals surface area contributed by atoms with Gasteiger partial charge in [-0.25, -0.2) is 9.78 Å². The lowest BCUT2D eigenvalue weighted by molar-refractivity contribution is 0.0924. The smallest absolute Gasteiger partial charge is 0.317 e. The van der Waals surface area contributed by atoms with E-state index in [1.54, 1.807) is 13.0 Å². The van der Waals surface area contributed by atoms with Crippen LogP contribution in [-0.2, 0) is 0 Å². The van der Waals surface area contributed by atoms with Crippen molar-refractivity contribution in [3.63, 3.8) is 0 Å². The molecule has 1 aliphatic rings. The fraction of sp³-hybridized carbons (Fsp3) is 0.696. The van der Waals surface area contributed by atoms with Crippen molar-refractivity contribution in [2.24, 2.45) is 0 Å². The molecule has 2 N–H and O–H groups in total. The molecular formula is C23H37Cl2N5O2S. The van der Waals surface area contributed by atoms with E-state index in [2.05, 4.69) is 34.4 Å². The quantitative estimate of drug-likeness (QED) is 0.334. The van der Waals surface area contributed by atoms with Crippen LogP contribution in [0.2, 0.25) is 10.3 Å². The van der Waals surface area contributed by atoms with Crippen molar-refractivity contribution >= 4 is 46.9 Å². The van der Waals surface area contributed by atoms with Gasteiger partial charge in [0.15, 0.2) is 0 Å². The molecule has 33 heavy (non-hydrogen) atoms. The van der Waals surface area contributed by atoms with Gasteiger partial charge in [0.2, 0.25) is 0 Å². The number of nitrogens with zero attached hydrogens (tertiary/aromatic N) is 3. The van der Waals surface area contributed by atoms with Crippen molar-refractivity contribution < 1.29 is 9.59 Å². The van der Waals surface area contributed by atoms with Crippen LogP contribution in [0, 0.1) is 6.92 Å². The first-order valence-corrected chi connectivity index (χ1v) is 13.7. The van der Waals surface area contributed by atoms with E-state index in [1.165, 1.54) is 0 Å². The van der Waals surface area contributed by atoms with E-state index in [0.717, 1.165) is 50.4 Å². The molecule has 1 aromatic heterocycles. The van der Waals surface area contributed by atoms with Crippen LogP contribution in [-0.4, -0.2) is 83.0 Å². The van der Waals surface area contributed by atoms with Gasteiger partial charge in [0, 0.05) is 50.6 Å². The van der Waals surface area contributed by atoms with Gasteiger partial charge in [-0.15, -0.1) is 0 Å². The van der Waals surface area contributed by atoms with Crippen molar-refractivity contribution in [2.45, 2.75) is 59.0 Å². The second-order valence-corrected chi connectivity index (χ2v) is 10.5. The van der Waals surface area contributed by atoms with Crippen LogP contribution in [0.15, 0.2) is 6.07 Å². The van der Waals surface area contributed by atoms with Gasteiger partial charge in [-0.2, -0.15) is 11.8 Å². The average Bonchev–Trinajstić information content (AvgIpc) is 2.76. The first-order valence-electron chi connectivity index (χ1n) is 11.8. The zero-order valence-corrected chi connectivity index (χ0v) is 22.5. The average molecular weight is 519 g/mol. The van der Waals surface area contributed by atoms with Gasteiger partial charge >= 0.3 is 6.03 Å². The topological polar surface area (TPSA) is 77.6 Å². The number of hydrogen-bond acceptors (Lipinski definition) is 5. The number of aromatic nitrogens is 1. The van der Waals surface area contributed by atoms with Crippen molar-refractivity contribution in [3.8, 4) is 0 Å². The van der Waals surface area contributed by atoms with E-state index in [1.807, 2.05) is 23.6 Å². The van der Waals surface area contributed by atoms with Gasteiger partial charge in [0.05, 0.1) is 5.56 Å². The Balaban J connectivity index is 1.81. The largest absolute Gasteiger partial charge is 0.352 e. The third-order valence-corrected chi connectivity index (χ3v) is 7.40. The zero-order valence-electron chi connectivity index (χ0n) is 20.1. The van der Waals surface area contributed by atoms with Gasteiger partial charge in [0.25, 0.3) is 5.91 Å². The Hall–Kier alpha value is -1.22. The highest BCUT2D eigenvalue weighted by Crippen LogP contribution is 2.22. The van der Waals surface area contributed by atoms with Gasteiger partial charge < -0.3 is 20.4 Å². The second-order valence-electron chi connectivity index (χ2n) is 8.31. The number of carbonyl (C=O) groups excluding carboxylic acids is 2. The van der Waals surface area contributed by atoms with Crippen LogP contribution in [0.5, 0.6) is 0 Å². The summed E-state index contributed by atoms with van der Waals surface area (Å²) in [7, 11) is 0. The normalized spacial score (nSPS) is 15.8. The monoisotopic (exact) mass is 517 g/mol. The molecule has 0 aromatic carbocycles. The van der Waals surface area contributed by atoms with Crippen LogP contribution in [0.4, 0.5) is 4.79 Å². The molecule has 1 fully saturated rings. The molecule has 1 unspecified atom stereocenters. The summed E-state index contributed by atoms with van der Waals surface area (Å²) in [4.78, 5) is 33.6. The van der Waals surface area contributed by atoms with Crippen LogP contribution >= 0.6 is 35.0 Å². The van der Waals surface area contributed by atoms with Crippen LogP contribution < -0.4 is 10.6 Å². The molecule has 0 radical (unpaired) electrons. The van der Waals surface area contributed by atoms with Crippen LogP contribution in [0.1, 0.15) is 56.0 Å². The molecule has 1 aliphatic heterocycles. The predicted octanol–water partition coefficient (Wildman–Crippen LogP) is 4.45. The molecule has 1 aromatic rings. The number of rotatable bonds is 11. The third kappa shape index (κ3) is 8.50. The Morgan fingerprint density at radius 1 is 1.27 bits per heavy atom. The zero-order chi connectivity index (χ0) is 24.4. The Morgan fingerprint density at radius 3 is 2.58 bits per heavy atom. The molecule has 186 valence electrons. The number of thioether (sulfide) groups is 1. The lowest BCUT2D eigenvalue weighted by atomic mass is 10.0. The first-order chi connectivity index (χ1) is 15.8. The summed E-state index contributed by atoms with van der Waals surface area (Å²) in [6, 6.07) is 2.30. The van der Waals surface area contributed by atoms with Gasteiger partial charge in [-0.3, -0.25) is 4.79 Å². The van der Waals surface area contributed by atoms with Gasteiger partial charge in [0.1, 0.15) is 10.3 Å². The Kier molecular flexibility index (Phi) is 12.1. The lowest BCUT2D eigenvalue weighted by Crippen LogP contribution is -2.52. The summed E-state index contributed by atoms with van der Waals surface area (Å²) in [5, 5.41) is 6.33. The molecule has 0 spiro atoms. The van der Waals surface area contributed by atoms with E-state index < -0.39 is 0 Å². The highest BCUT2D eigenvalue weighted by Gasteiger charge is 2.29. The van der Waals surface area contributed by atoms with E-state index >= 15 is 0 Å². The van der Waals surface area contributed by atoms with Gasteiger partial charge in [-0.05, 0) is 57.4 Å². The standard InChI is InChI=1S/C23H37Cl2N5O2S/c1-5-26-23(32)30(13-14-33-6-2)18-8-11-29(12-9-18)17(4)7-10-27-22(31)20-16(3)15-19(24)28-21(20)25/h15,17-18H,5-14H2,1-4H3,(H,26,32)(H,27,31). The number of carbonyl (C=O) groups is 2. The summed E-state index contributed by atoms with van der Waals surface area (Å²) in [6.45, 7) is 12.0. The van der Waals surface area contributed by atoms with Crippen molar-refractivity contribution in [3.05, 3.63) is 27.5 Å². The predicted molar refractivity (Wildman–Crippen MR) is 139 cm³/mol. The highest BCUT2D eigenvalue weighted by molar-refractivity contribution is 7.99. The molecular weight excluding hydrogens is 481 g/mol. The maximum Gasteiger partial charge on any atom is 0.317 e. The van der Waals surface area contributed by atoms with E-state index in [9.17, 15) is 9.59 Å². The fourth-order valence-corrected chi connectivity index (χ4v) is 5.41. The minimum Gasteiger partial charge on any atom is -0.352 e. The number of nitrogens with one attached hydrogen (secondary N) is 2. The summed E-state index contributed by atoms with van der Waals surface area (Å²) in [6.07, 6.45) is 2.77. The molecule has 0 bridgehead atoms. The number of halogens is 2. The summed E-state index contributed by atoms with van der Waals surface area (Å²) in [5.41, 5.74) is 1.09. The van der Waals surface area contributed by atoms with E-state index in [-0.39, 0.29) is 28.3 Å². The maximum absolute atomic E-state index is 12.6. The highest BCUT2D eigenvalue weighted by atomic mass is 35.5. The molecule has 0 aliphatic carbocycles. The molecule has 10 heteroatoms. The first kappa shape index (κ1) is 28.0. The number of urea groups is 1. The molecule has 2 rings (SSSR count). The second kappa shape index (κ2) is 14.2. The molecule has 1 atom stereocenters. The number of hydrogen-bond donors (Lipinski definition) is 2. The molecule has 0 saturated carbocycles. The minimum atomic E-state index is -0.227. The summed E-state index contributed by atoms with van der Waals surface area (Å²) < 4.78 is 0. The van der Waals surface area contributed by atoms with Crippen molar-refractivity contribution in [2.75, 3.05) is 44.2 Å². The number of pyridine rings is 1. The number of likely N-dealkylation sites (tertiary alicyclic amines) is 1. The lowest BCUT2D eigenvalue weighted by Gasteiger charge is -2.40. The van der Waals surface area contributed by atoms with Crippen LogP contribution in [0.3, 0.4) is 0 Å². The number of piperidine rings is 1. The number of amides is 3. The Morgan fingerprint density at radius 2 is 1.97 bits per heavy atom. The third-order valence-electron chi connectivity index (χ3n) is 6.05. The van der Waals surface area contributed by atoms with Crippen LogP contribution in [0.25, 0.3) is 0 Å². The van der Waals surface area contributed by atoms with Crippen molar-refractivity contribution in [1.29, 1.82) is 0 Å². The minimum absolute atomic E-state index is 0.0501. The molecule has 1 saturated heterocycles. The Labute approximate surface area is 212 Å². The van der Waals surface area contributed by atoms with E-state index in [0.29, 0.717) is 30.3 Å². The van der Waals surface area contributed by atoms with Crippen molar-refractivity contribution in [1.82, 2.24) is 25.4 Å².